The van der Waals surface area contributed by atoms with Crippen LogP contribution in [0.1, 0.15) is 23.3 Å². The van der Waals surface area contributed by atoms with Gasteiger partial charge in [-0.3, -0.25) is 4.79 Å². The molecule has 1 aromatic heterocycles. The number of fused-ring (bicyclic) bond motifs is 1. The lowest BCUT2D eigenvalue weighted by Gasteiger charge is -2.40. The zero-order chi connectivity index (χ0) is 18.6. The van der Waals surface area contributed by atoms with Crippen molar-refractivity contribution in [1.82, 2.24) is 9.88 Å². The van der Waals surface area contributed by atoms with E-state index in [2.05, 4.69) is 4.98 Å². The molecular weight excluding hydrogens is 356 g/mol. The summed E-state index contributed by atoms with van der Waals surface area (Å²) < 4.78 is 37.8. The van der Waals surface area contributed by atoms with Crippen molar-refractivity contribution in [3.8, 4) is 5.88 Å². The number of hydrogen-bond acceptors (Lipinski definition) is 5. The lowest BCUT2D eigenvalue weighted by Crippen LogP contribution is -2.56. The molecule has 1 amide bonds. The van der Waals surface area contributed by atoms with E-state index < -0.39 is 5.92 Å². The number of rotatable bonds is 5. The number of ether oxygens (including phenoxy) is 2. The molecule has 146 valence electrons. The highest BCUT2D eigenvalue weighted by molar-refractivity contribution is 5.93. The van der Waals surface area contributed by atoms with Gasteiger partial charge in [-0.2, -0.15) is 0 Å². The van der Waals surface area contributed by atoms with Gasteiger partial charge in [0.2, 0.25) is 5.88 Å². The van der Waals surface area contributed by atoms with Gasteiger partial charge in [-0.25, -0.2) is 13.8 Å². The molecule has 3 saturated heterocycles. The molecule has 1 aromatic rings. The Morgan fingerprint density at radius 3 is 2.56 bits per heavy atom. The highest BCUT2D eigenvalue weighted by atomic mass is 19.3. The van der Waals surface area contributed by atoms with Gasteiger partial charge in [0.15, 0.2) is 0 Å². The van der Waals surface area contributed by atoms with Crippen LogP contribution in [0, 0.1) is 17.8 Å². The smallest absolute Gasteiger partial charge is 0.282 e. The van der Waals surface area contributed by atoms with Crippen LogP contribution in [0.2, 0.25) is 0 Å². The summed E-state index contributed by atoms with van der Waals surface area (Å²) in [6.07, 6.45) is 2.24. The number of hydrogen-bond donors (Lipinski definition) is 0. The molecule has 2 atom stereocenters. The highest BCUT2D eigenvalue weighted by Gasteiger charge is 2.45. The third-order valence-electron chi connectivity index (χ3n) is 5.92. The molecule has 5 rings (SSSR count). The molecule has 27 heavy (non-hydrogen) atoms. The minimum absolute atomic E-state index is 0.124. The van der Waals surface area contributed by atoms with Crippen molar-refractivity contribution < 1.29 is 23.0 Å². The number of amides is 1. The maximum atomic E-state index is 13.3. The summed E-state index contributed by atoms with van der Waals surface area (Å²) >= 11 is 0. The van der Waals surface area contributed by atoms with E-state index >= 15 is 0 Å². The number of carbonyl (C=O) groups excluding carboxylic acids is 1. The first-order valence-electron chi connectivity index (χ1n) is 9.62. The fraction of sp³-hybridized carbons (Fsp3) is 0.684. The molecule has 0 N–H and O–H groups in total. The van der Waals surface area contributed by atoms with E-state index in [0.717, 1.165) is 12.8 Å². The van der Waals surface area contributed by atoms with E-state index in [1.165, 1.54) is 0 Å². The van der Waals surface area contributed by atoms with Crippen molar-refractivity contribution in [2.45, 2.75) is 18.8 Å². The van der Waals surface area contributed by atoms with Crippen LogP contribution in [0.25, 0.3) is 0 Å². The number of halogens is 2. The average molecular weight is 379 g/mol. The van der Waals surface area contributed by atoms with Crippen LogP contribution in [0.3, 0.4) is 0 Å². The third-order valence-corrected chi connectivity index (χ3v) is 5.92. The Bertz CT molecular complexity index is 736. The summed E-state index contributed by atoms with van der Waals surface area (Å²) in [5.74, 6) is -1.18. The molecule has 0 radical (unpaired) electrons. The van der Waals surface area contributed by atoms with Crippen molar-refractivity contribution in [3.63, 3.8) is 0 Å². The minimum Gasteiger partial charge on any atom is -0.476 e. The first-order chi connectivity index (χ1) is 13.0. The lowest BCUT2D eigenvalue weighted by atomic mass is 10.0. The van der Waals surface area contributed by atoms with Gasteiger partial charge in [0.05, 0.1) is 32.9 Å². The molecule has 4 heterocycles. The number of aromatic nitrogens is 1. The molecule has 0 unspecified atom stereocenters. The number of nitrogens with zero attached hydrogens (tertiary/aromatic N) is 3. The Morgan fingerprint density at radius 2 is 1.93 bits per heavy atom. The van der Waals surface area contributed by atoms with Gasteiger partial charge >= 0.3 is 0 Å². The molecular formula is C19H23F2N3O3. The molecule has 1 saturated carbocycles. The van der Waals surface area contributed by atoms with Crippen molar-refractivity contribution in [1.29, 1.82) is 0 Å². The van der Waals surface area contributed by atoms with Crippen LogP contribution < -0.4 is 9.64 Å². The molecule has 4 fully saturated rings. The predicted molar refractivity (Wildman–Crippen MR) is 93.3 cm³/mol. The van der Waals surface area contributed by atoms with Gasteiger partial charge in [0, 0.05) is 24.9 Å². The predicted octanol–water partition coefficient (Wildman–Crippen LogP) is 2.04. The summed E-state index contributed by atoms with van der Waals surface area (Å²) in [7, 11) is 0. The van der Waals surface area contributed by atoms with Crippen molar-refractivity contribution in [2.24, 2.45) is 17.8 Å². The summed E-state index contributed by atoms with van der Waals surface area (Å²) in [6.45, 7) is 2.63. The van der Waals surface area contributed by atoms with Crippen LogP contribution in [0.4, 0.5) is 14.5 Å². The first kappa shape index (κ1) is 17.2. The Labute approximate surface area is 156 Å². The minimum atomic E-state index is -2.67. The number of anilines is 1. The number of alkyl halides is 2. The van der Waals surface area contributed by atoms with Gasteiger partial charge < -0.3 is 19.3 Å². The Balaban J connectivity index is 1.34. The second-order valence-electron chi connectivity index (χ2n) is 8.25. The van der Waals surface area contributed by atoms with Crippen molar-refractivity contribution in [2.75, 3.05) is 50.9 Å². The summed E-state index contributed by atoms with van der Waals surface area (Å²) in [5, 5.41) is 0. The van der Waals surface area contributed by atoms with Crippen LogP contribution in [-0.2, 0) is 4.74 Å². The Kier molecular flexibility index (Phi) is 4.00. The molecule has 0 bridgehead atoms. The maximum absolute atomic E-state index is 13.3. The first-order valence-corrected chi connectivity index (χ1v) is 9.62. The highest BCUT2D eigenvalue weighted by Crippen LogP contribution is 2.38. The van der Waals surface area contributed by atoms with Gasteiger partial charge in [-0.1, -0.05) is 0 Å². The van der Waals surface area contributed by atoms with Gasteiger partial charge in [-0.05, 0) is 30.9 Å². The molecule has 6 nitrogen and oxygen atoms in total. The fourth-order valence-corrected chi connectivity index (χ4v) is 4.08. The molecule has 4 aliphatic rings. The topological polar surface area (TPSA) is 54.9 Å². The Hall–Kier alpha value is -1.96. The third kappa shape index (κ3) is 3.35. The lowest BCUT2D eigenvalue weighted by molar-refractivity contribution is -0.0265. The van der Waals surface area contributed by atoms with E-state index in [4.69, 9.17) is 9.47 Å². The van der Waals surface area contributed by atoms with Gasteiger partial charge in [-0.15, -0.1) is 0 Å². The average Bonchev–Trinajstić information content (AvgIpc) is 3.20. The summed E-state index contributed by atoms with van der Waals surface area (Å²) in [5.41, 5.74) is 0.863. The zero-order valence-corrected chi connectivity index (χ0v) is 15.1. The SMILES string of the molecule is O=C(c1ccc(N2CC(F)(F)C2)c(OCC2CC2)n1)N1C[C@H]2COC[C@H]2C1. The molecule has 0 spiro atoms. The van der Waals surface area contributed by atoms with Gasteiger partial charge in [0.1, 0.15) is 11.4 Å². The normalized spacial score (nSPS) is 28.8. The molecule has 0 aromatic carbocycles. The van der Waals surface area contributed by atoms with E-state index in [0.29, 0.717) is 67.9 Å². The quantitative estimate of drug-likeness (QED) is 0.784. The molecule has 8 heteroatoms. The maximum Gasteiger partial charge on any atom is 0.282 e. The van der Waals surface area contributed by atoms with Crippen molar-refractivity contribution in [3.05, 3.63) is 17.8 Å². The van der Waals surface area contributed by atoms with E-state index in [9.17, 15) is 13.6 Å². The fourth-order valence-electron chi connectivity index (χ4n) is 4.08. The van der Waals surface area contributed by atoms with Crippen LogP contribution >= 0.6 is 0 Å². The summed E-state index contributed by atoms with van der Waals surface area (Å²) in [6, 6.07) is 3.32. The van der Waals surface area contributed by atoms with E-state index in [-0.39, 0.29) is 19.0 Å². The van der Waals surface area contributed by atoms with E-state index in [1.807, 2.05) is 4.90 Å². The second-order valence-corrected chi connectivity index (χ2v) is 8.25. The largest absolute Gasteiger partial charge is 0.476 e. The second kappa shape index (κ2) is 6.29. The van der Waals surface area contributed by atoms with Crippen LogP contribution in [0.15, 0.2) is 12.1 Å². The van der Waals surface area contributed by atoms with E-state index in [1.54, 1.807) is 17.0 Å². The number of likely N-dealkylation sites (tertiary alicyclic amines) is 1. The van der Waals surface area contributed by atoms with Crippen LogP contribution in [-0.4, -0.2) is 67.7 Å². The van der Waals surface area contributed by atoms with Crippen LogP contribution in [0.5, 0.6) is 5.88 Å². The van der Waals surface area contributed by atoms with Gasteiger partial charge in [0.25, 0.3) is 11.8 Å². The molecule has 1 aliphatic carbocycles. The summed E-state index contributed by atoms with van der Waals surface area (Å²) in [4.78, 5) is 20.7. The number of carbonyl (C=O) groups is 1. The monoisotopic (exact) mass is 379 g/mol. The van der Waals surface area contributed by atoms with Crippen molar-refractivity contribution >= 4 is 11.6 Å². The molecule has 3 aliphatic heterocycles. The Morgan fingerprint density at radius 1 is 1.22 bits per heavy atom. The standard InChI is InChI=1S/C19H23F2N3O3/c20-19(21)10-24(11-19)16-4-3-15(22-17(16)27-7-12-1-2-12)18(25)23-5-13-8-26-9-14(13)6-23/h3-4,12-14H,1-2,5-11H2/t13-,14+. The number of pyridine rings is 1. The zero-order valence-electron chi connectivity index (χ0n) is 15.1.